The molecular formula is C28H68O10Si2Ti. The molecule has 0 spiro atoms. The van der Waals surface area contributed by atoms with E-state index in [1.807, 2.05) is 0 Å². The molecule has 0 amide bonds. The zero-order chi connectivity index (χ0) is 31.4. The van der Waals surface area contributed by atoms with Gasteiger partial charge in [0.1, 0.15) is 0 Å². The van der Waals surface area contributed by atoms with Crippen LogP contribution in [0.2, 0.25) is 0 Å². The van der Waals surface area contributed by atoms with Crippen molar-refractivity contribution in [3.8, 4) is 0 Å². The summed E-state index contributed by atoms with van der Waals surface area (Å²) >= 11 is 0. The summed E-state index contributed by atoms with van der Waals surface area (Å²) in [7, 11) is -6.72. The molecule has 0 saturated carbocycles. The molecule has 0 aliphatic rings. The van der Waals surface area contributed by atoms with E-state index in [9.17, 15) is 9.59 Å². The summed E-state index contributed by atoms with van der Waals surface area (Å²) in [5.74, 6) is 0. The summed E-state index contributed by atoms with van der Waals surface area (Å²) in [4.78, 5) is 20.3. The molecule has 252 valence electrons. The Hall–Kier alpha value is 0.748. The van der Waals surface area contributed by atoms with Gasteiger partial charge in [-0.1, -0.05) is 80.1 Å². The summed E-state index contributed by atoms with van der Waals surface area (Å²) in [5, 5.41) is 15.1. The Labute approximate surface area is 270 Å². The maximum absolute atomic E-state index is 10.2. The molecule has 41 heavy (non-hydrogen) atoms. The summed E-state index contributed by atoms with van der Waals surface area (Å²) in [5.41, 5.74) is 0. The van der Waals surface area contributed by atoms with Gasteiger partial charge in [0.05, 0.1) is 0 Å². The Bertz CT molecular complexity index is 354. The van der Waals surface area contributed by atoms with Crippen LogP contribution in [0.15, 0.2) is 0 Å². The minimum absolute atomic E-state index is 0. The molecule has 0 aliphatic heterocycles. The van der Waals surface area contributed by atoms with Crippen molar-refractivity contribution in [1.29, 1.82) is 0 Å². The van der Waals surface area contributed by atoms with E-state index in [-0.39, 0.29) is 34.9 Å². The average molecular weight is 669 g/mol. The molecule has 13 heteroatoms. The van der Waals surface area contributed by atoms with Gasteiger partial charge in [-0.2, -0.15) is 0 Å². The summed E-state index contributed by atoms with van der Waals surface area (Å²) in [6.07, 6.45) is 11.7. The quantitative estimate of drug-likeness (QED) is 0.0747. The monoisotopic (exact) mass is 668 g/mol. The first kappa shape index (κ1) is 51.3. The largest absolute Gasteiger partial charge is 0.676 e. The Morgan fingerprint density at radius 2 is 0.488 bits per heavy atom. The van der Waals surface area contributed by atoms with Gasteiger partial charge in [0.2, 0.25) is 0 Å². The van der Waals surface area contributed by atoms with E-state index in [0.29, 0.717) is 39.6 Å². The second kappa shape index (κ2) is 42.9. The topological polar surface area (TPSA) is 136 Å². The Balaban J connectivity index is -0.000000173. The van der Waals surface area contributed by atoms with Crippen molar-refractivity contribution in [2.75, 3.05) is 52.9 Å². The maximum Gasteiger partial charge on any atom is 0.676 e. The standard InChI is InChI=1S/2C12H28O4Si.2C2H6O.Ti/c2*1-4-7-10-14-17(13,15-11-8-5-2)16-12-9-6-3;2*1-2-3;/h2*13H,4-12H2,1-3H3;2*3H,2H2,1H3;. The van der Waals surface area contributed by atoms with Crippen LogP contribution in [0.25, 0.3) is 0 Å². The van der Waals surface area contributed by atoms with Crippen LogP contribution in [0, 0.1) is 0 Å². The fourth-order valence-corrected chi connectivity index (χ4v) is 5.24. The molecule has 0 aromatic heterocycles. The van der Waals surface area contributed by atoms with E-state index in [1.54, 1.807) is 13.8 Å². The van der Waals surface area contributed by atoms with Crippen molar-refractivity contribution in [3.63, 3.8) is 0 Å². The Morgan fingerprint density at radius 1 is 0.366 bits per heavy atom. The van der Waals surface area contributed by atoms with Crippen LogP contribution in [0.4, 0.5) is 0 Å². The van der Waals surface area contributed by atoms with Gasteiger partial charge in [-0.25, -0.2) is 0 Å². The molecule has 0 unspecified atom stereocenters. The minimum Gasteiger partial charge on any atom is -0.397 e. The number of hydrogen-bond acceptors (Lipinski definition) is 10. The van der Waals surface area contributed by atoms with E-state index in [1.165, 1.54) is 0 Å². The molecule has 0 atom stereocenters. The average Bonchev–Trinajstić information content (AvgIpc) is 2.91. The number of rotatable bonds is 24. The molecule has 0 radical (unpaired) electrons. The van der Waals surface area contributed by atoms with Crippen molar-refractivity contribution in [2.45, 2.75) is 132 Å². The molecule has 10 nitrogen and oxygen atoms in total. The predicted octanol–water partition coefficient (Wildman–Crippen LogP) is 5.72. The van der Waals surface area contributed by atoms with Crippen molar-refractivity contribution in [2.24, 2.45) is 0 Å². The van der Waals surface area contributed by atoms with Crippen LogP contribution in [0.1, 0.15) is 132 Å². The molecule has 0 fully saturated rings. The fourth-order valence-electron chi connectivity index (χ4n) is 2.32. The van der Waals surface area contributed by atoms with Crippen LogP contribution in [-0.2, 0) is 48.3 Å². The smallest absolute Gasteiger partial charge is 0.397 e. The van der Waals surface area contributed by atoms with E-state index in [4.69, 9.17) is 36.8 Å². The third kappa shape index (κ3) is 45.3. The van der Waals surface area contributed by atoms with Crippen LogP contribution in [-0.4, -0.2) is 90.8 Å². The summed E-state index contributed by atoms with van der Waals surface area (Å²) in [6, 6.07) is 0. The van der Waals surface area contributed by atoms with E-state index in [0.717, 1.165) is 77.0 Å². The third-order valence-electron chi connectivity index (χ3n) is 4.69. The number of unbranched alkanes of at least 4 members (excludes halogenated alkanes) is 6. The van der Waals surface area contributed by atoms with Gasteiger partial charge < -0.3 is 46.4 Å². The number of aliphatic hydroxyl groups is 2. The number of hydrogen-bond donors (Lipinski definition) is 4. The Kier molecular flexibility index (Phi) is 53.7. The van der Waals surface area contributed by atoms with Crippen molar-refractivity contribution >= 4 is 18.1 Å². The molecule has 0 bridgehead atoms. The molecular weight excluding hydrogens is 600 g/mol. The van der Waals surface area contributed by atoms with Gasteiger partial charge in [0, 0.05) is 74.6 Å². The molecule has 4 N–H and O–H groups in total. The molecule has 0 saturated heterocycles. The van der Waals surface area contributed by atoms with Crippen molar-refractivity contribution < 1.29 is 68.1 Å². The first-order chi connectivity index (χ1) is 19.2. The van der Waals surface area contributed by atoms with Crippen LogP contribution in [0.3, 0.4) is 0 Å². The first-order valence-electron chi connectivity index (χ1n) is 15.7. The Morgan fingerprint density at radius 3 is 0.585 bits per heavy atom. The molecule has 0 aromatic rings. The fraction of sp³-hybridized carbons (Fsp3) is 1.00. The third-order valence-corrected chi connectivity index (χ3v) is 8.11. The van der Waals surface area contributed by atoms with Crippen LogP contribution < -0.4 is 0 Å². The maximum atomic E-state index is 10.2. The van der Waals surface area contributed by atoms with Crippen LogP contribution in [0.5, 0.6) is 0 Å². The van der Waals surface area contributed by atoms with Crippen molar-refractivity contribution in [1.82, 2.24) is 0 Å². The second-order valence-electron chi connectivity index (χ2n) is 8.89. The number of aliphatic hydroxyl groups excluding tert-OH is 2. The molecule has 0 heterocycles. The summed E-state index contributed by atoms with van der Waals surface area (Å²) in [6.45, 7) is 19.4. The van der Waals surface area contributed by atoms with Crippen molar-refractivity contribution in [3.05, 3.63) is 0 Å². The van der Waals surface area contributed by atoms with Gasteiger partial charge in [-0.05, 0) is 52.4 Å². The van der Waals surface area contributed by atoms with Crippen LogP contribution >= 0.6 is 0 Å². The second-order valence-corrected chi connectivity index (χ2v) is 12.7. The van der Waals surface area contributed by atoms with Gasteiger partial charge in [-0.3, -0.25) is 0 Å². The van der Waals surface area contributed by atoms with Gasteiger partial charge in [-0.15, -0.1) is 0 Å². The normalized spacial score (nSPS) is 10.8. The molecule has 0 aromatic carbocycles. The zero-order valence-corrected chi connectivity index (χ0v) is 31.4. The zero-order valence-electron chi connectivity index (χ0n) is 27.9. The first-order valence-corrected chi connectivity index (χ1v) is 19.0. The minimum atomic E-state index is -3.36. The van der Waals surface area contributed by atoms with Gasteiger partial charge >= 0.3 is 18.1 Å². The predicted molar refractivity (Wildman–Crippen MR) is 167 cm³/mol. The van der Waals surface area contributed by atoms with E-state index < -0.39 is 18.1 Å². The van der Waals surface area contributed by atoms with Gasteiger partial charge in [0.15, 0.2) is 0 Å². The molecule has 0 rings (SSSR count). The van der Waals surface area contributed by atoms with Gasteiger partial charge in [0.25, 0.3) is 0 Å². The SMILES string of the molecule is CCCCO[Si](O)(OCCCC)OCCCC.CCCCO[Si](O)(OCCCC)OCCCC.CCO.CCO.[Ti]. The van der Waals surface area contributed by atoms with E-state index >= 15 is 0 Å². The molecule has 0 aliphatic carbocycles. The van der Waals surface area contributed by atoms with E-state index in [2.05, 4.69) is 41.5 Å². The summed E-state index contributed by atoms with van der Waals surface area (Å²) < 4.78 is 32.5.